The Hall–Kier alpha value is -2.76. The van der Waals surface area contributed by atoms with E-state index >= 15 is 0 Å². The summed E-state index contributed by atoms with van der Waals surface area (Å²) in [4.78, 5) is 13.4. The van der Waals surface area contributed by atoms with Crippen LogP contribution in [0, 0.1) is 0 Å². The lowest BCUT2D eigenvalue weighted by Crippen LogP contribution is -2.16. The molecule has 104 valence electrons. The first-order valence-electron chi connectivity index (χ1n) is 5.95. The van der Waals surface area contributed by atoms with Crippen LogP contribution in [0.5, 0.6) is 5.75 Å². The summed E-state index contributed by atoms with van der Waals surface area (Å²) in [5, 5.41) is 13.6. The molecule has 0 bridgehead atoms. The highest BCUT2D eigenvalue weighted by atomic mass is 16.3. The molecule has 0 radical (unpaired) electrons. The molecule has 0 fully saturated rings. The summed E-state index contributed by atoms with van der Waals surface area (Å²) < 4.78 is 4.92. The van der Waals surface area contributed by atoms with Crippen molar-refractivity contribution in [2.75, 3.05) is 19.0 Å². The van der Waals surface area contributed by atoms with Crippen molar-refractivity contribution in [2.45, 2.75) is 0 Å². The smallest absolute Gasteiger partial charge is 0.307 e. The van der Waals surface area contributed by atoms with Gasteiger partial charge in [0, 0.05) is 31.4 Å². The largest absolute Gasteiger partial charge is 0.507 e. The molecule has 1 aromatic heterocycles. The summed E-state index contributed by atoms with van der Waals surface area (Å²) in [7, 11) is 3.76. The van der Waals surface area contributed by atoms with Crippen LogP contribution >= 0.6 is 0 Å². The Morgan fingerprint density at radius 1 is 1.40 bits per heavy atom. The minimum atomic E-state index is -0.448. The molecule has 0 aliphatic carbocycles. The van der Waals surface area contributed by atoms with Gasteiger partial charge in [0.05, 0.1) is 12.5 Å². The molecule has 2 N–H and O–H groups in total. The number of phenolic OH excluding ortho intramolecular Hbond substituents is 1. The highest BCUT2D eigenvalue weighted by molar-refractivity contribution is 5.92. The first-order chi connectivity index (χ1) is 9.58. The number of carbonyl (C=O) groups excluding carboxylic acids is 1. The van der Waals surface area contributed by atoms with Crippen molar-refractivity contribution < 1.29 is 14.3 Å². The quantitative estimate of drug-likeness (QED) is 0.658. The molecular formula is C14H15N3O3. The molecule has 2 rings (SSSR count). The predicted octanol–water partition coefficient (Wildman–Crippen LogP) is 1.82. The number of aromatic hydroxyl groups is 1. The van der Waals surface area contributed by atoms with Crippen molar-refractivity contribution in [3.05, 3.63) is 47.9 Å². The first-order valence-corrected chi connectivity index (χ1v) is 5.95. The van der Waals surface area contributed by atoms with Crippen molar-refractivity contribution in [3.63, 3.8) is 0 Å². The van der Waals surface area contributed by atoms with E-state index in [0.29, 0.717) is 5.56 Å². The molecule has 0 atom stereocenters. The maximum absolute atomic E-state index is 11.5. The van der Waals surface area contributed by atoms with Gasteiger partial charge in [0.2, 0.25) is 0 Å². The van der Waals surface area contributed by atoms with E-state index in [9.17, 15) is 9.90 Å². The summed E-state index contributed by atoms with van der Waals surface area (Å²) in [5.74, 6) is -0.183. The second-order valence-corrected chi connectivity index (χ2v) is 4.31. The van der Waals surface area contributed by atoms with Crippen LogP contribution in [-0.2, 0) is 0 Å². The van der Waals surface area contributed by atoms with Gasteiger partial charge in [-0.3, -0.25) is 4.79 Å². The lowest BCUT2D eigenvalue weighted by atomic mass is 10.2. The topological polar surface area (TPSA) is 78.1 Å². The first kappa shape index (κ1) is 13.7. The minimum Gasteiger partial charge on any atom is -0.507 e. The van der Waals surface area contributed by atoms with Crippen LogP contribution in [0.3, 0.4) is 0 Å². The molecule has 0 aliphatic heterocycles. The number of hydrogen-bond donors (Lipinski definition) is 2. The van der Waals surface area contributed by atoms with Crippen molar-refractivity contribution >= 4 is 17.8 Å². The fourth-order valence-electron chi connectivity index (χ4n) is 1.54. The zero-order valence-electron chi connectivity index (χ0n) is 11.2. The lowest BCUT2D eigenvalue weighted by Gasteiger charge is -2.12. The van der Waals surface area contributed by atoms with E-state index in [1.165, 1.54) is 18.5 Å². The van der Waals surface area contributed by atoms with Gasteiger partial charge < -0.3 is 14.4 Å². The average molecular weight is 273 g/mol. The molecule has 2 aromatic rings. The maximum atomic E-state index is 11.5. The molecule has 0 spiro atoms. The molecule has 1 heterocycles. The number of phenols is 1. The van der Waals surface area contributed by atoms with E-state index in [0.717, 1.165) is 5.69 Å². The number of benzene rings is 1. The molecular weight excluding hydrogens is 258 g/mol. The van der Waals surface area contributed by atoms with Crippen LogP contribution < -0.4 is 10.3 Å². The van der Waals surface area contributed by atoms with E-state index in [1.807, 2.05) is 25.1 Å². The molecule has 1 aromatic carbocycles. The summed E-state index contributed by atoms with van der Waals surface area (Å²) in [5.41, 5.74) is 3.70. The molecule has 6 nitrogen and oxygen atoms in total. The lowest BCUT2D eigenvalue weighted by molar-refractivity contribution is 0.0927. The van der Waals surface area contributed by atoms with Gasteiger partial charge in [0.1, 0.15) is 5.75 Å². The fraction of sp³-hybridized carbons (Fsp3) is 0.143. The van der Waals surface area contributed by atoms with Gasteiger partial charge in [-0.2, -0.15) is 5.10 Å². The van der Waals surface area contributed by atoms with Gasteiger partial charge in [0.25, 0.3) is 0 Å². The summed E-state index contributed by atoms with van der Waals surface area (Å²) >= 11 is 0. The van der Waals surface area contributed by atoms with Gasteiger partial charge in [-0.1, -0.05) is 0 Å². The van der Waals surface area contributed by atoms with Crippen LogP contribution in [0.2, 0.25) is 0 Å². The van der Waals surface area contributed by atoms with Crippen LogP contribution in [-0.4, -0.2) is 31.3 Å². The van der Waals surface area contributed by atoms with Crippen molar-refractivity contribution in [3.8, 4) is 5.75 Å². The average Bonchev–Trinajstić information content (AvgIpc) is 2.94. The Labute approximate surface area is 116 Å². The monoisotopic (exact) mass is 273 g/mol. The highest BCUT2D eigenvalue weighted by Crippen LogP contribution is 2.21. The molecule has 0 saturated carbocycles. The van der Waals surface area contributed by atoms with Gasteiger partial charge in [-0.25, -0.2) is 5.43 Å². The zero-order valence-corrected chi connectivity index (χ0v) is 11.2. The Bertz CT molecular complexity index is 619. The van der Waals surface area contributed by atoms with E-state index in [-0.39, 0.29) is 11.5 Å². The molecule has 1 amide bonds. The standard InChI is InChI=1S/C14H15N3O3/c1-17(2)11-6-5-10(12(18)8-11)9-15-16-14(19)13-4-3-7-20-13/h3-9,18H,1-2H3,(H,16,19)/b15-9+. The Morgan fingerprint density at radius 3 is 2.80 bits per heavy atom. The van der Waals surface area contributed by atoms with E-state index < -0.39 is 5.91 Å². The fourth-order valence-corrected chi connectivity index (χ4v) is 1.54. The predicted molar refractivity (Wildman–Crippen MR) is 76.2 cm³/mol. The SMILES string of the molecule is CN(C)c1ccc(/C=N/NC(=O)c2ccco2)c(O)c1. The van der Waals surface area contributed by atoms with Crippen LogP contribution in [0.25, 0.3) is 0 Å². The van der Waals surface area contributed by atoms with Crippen molar-refractivity contribution in [1.82, 2.24) is 5.43 Å². The minimum absolute atomic E-state index is 0.0900. The molecule has 20 heavy (non-hydrogen) atoms. The third-order valence-electron chi connectivity index (χ3n) is 2.65. The van der Waals surface area contributed by atoms with Crippen LogP contribution in [0.15, 0.2) is 46.1 Å². The molecule has 0 unspecified atom stereocenters. The number of furan rings is 1. The number of nitrogens with one attached hydrogen (secondary N) is 1. The van der Waals surface area contributed by atoms with Crippen LogP contribution in [0.1, 0.15) is 16.1 Å². The van der Waals surface area contributed by atoms with Gasteiger partial charge in [-0.15, -0.1) is 0 Å². The van der Waals surface area contributed by atoms with E-state index in [1.54, 1.807) is 18.2 Å². The number of anilines is 1. The van der Waals surface area contributed by atoms with E-state index in [2.05, 4.69) is 10.5 Å². The number of hydrazone groups is 1. The second kappa shape index (κ2) is 5.92. The van der Waals surface area contributed by atoms with Gasteiger partial charge >= 0.3 is 5.91 Å². The molecule has 6 heteroatoms. The maximum Gasteiger partial charge on any atom is 0.307 e. The highest BCUT2D eigenvalue weighted by Gasteiger charge is 2.06. The summed E-state index contributed by atoms with van der Waals surface area (Å²) in [6.07, 6.45) is 2.78. The summed E-state index contributed by atoms with van der Waals surface area (Å²) in [6, 6.07) is 8.33. The third kappa shape index (κ3) is 3.17. The Kier molecular flexibility index (Phi) is 4.05. The summed E-state index contributed by atoms with van der Waals surface area (Å²) in [6.45, 7) is 0. The number of amides is 1. The van der Waals surface area contributed by atoms with Crippen LogP contribution in [0.4, 0.5) is 5.69 Å². The van der Waals surface area contributed by atoms with Crippen molar-refractivity contribution in [2.24, 2.45) is 5.10 Å². The number of nitrogens with zero attached hydrogens (tertiary/aromatic N) is 2. The van der Waals surface area contributed by atoms with Gasteiger partial charge in [-0.05, 0) is 24.3 Å². The van der Waals surface area contributed by atoms with E-state index in [4.69, 9.17) is 4.42 Å². The van der Waals surface area contributed by atoms with Gasteiger partial charge in [0.15, 0.2) is 5.76 Å². The number of carbonyl (C=O) groups is 1. The normalized spacial score (nSPS) is 10.7. The second-order valence-electron chi connectivity index (χ2n) is 4.31. The van der Waals surface area contributed by atoms with Crippen molar-refractivity contribution in [1.29, 1.82) is 0 Å². The Balaban J connectivity index is 2.03. The third-order valence-corrected chi connectivity index (χ3v) is 2.65. The number of hydrogen-bond acceptors (Lipinski definition) is 5. The zero-order chi connectivity index (χ0) is 14.5. The molecule has 0 saturated heterocycles. The number of rotatable bonds is 4. The Morgan fingerprint density at radius 2 is 2.20 bits per heavy atom. The molecule has 0 aliphatic rings.